The van der Waals surface area contributed by atoms with Gasteiger partial charge in [0, 0.05) is 11.1 Å². The van der Waals surface area contributed by atoms with Crippen molar-refractivity contribution in [3.8, 4) is 80.1 Å². The van der Waals surface area contributed by atoms with Crippen molar-refractivity contribution >= 4 is 23.9 Å². The number of fused-ring (bicyclic) bond motifs is 4. The van der Waals surface area contributed by atoms with Crippen molar-refractivity contribution in [3.63, 3.8) is 0 Å². The normalized spacial score (nSPS) is 20.4. The van der Waals surface area contributed by atoms with Crippen LogP contribution in [0.2, 0.25) is 0 Å². The number of benzene rings is 4. The van der Waals surface area contributed by atoms with E-state index in [0.717, 1.165) is 13.2 Å². The third-order valence-electron chi connectivity index (χ3n) is 8.73. The number of hydrogen-bond donors (Lipinski definition) is 12. The zero-order valence-corrected chi connectivity index (χ0v) is 28.5. The summed E-state index contributed by atoms with van der Waals surface area (Å²) in [5.41, 5.74) is -4.92. The van der Waals surface area contributed by atoms with Crippen LogP contribution in [0.3, 0.4) is 0 Å². The maximum atomic E-state index is 14.1. The van der Waals surface area contributed by atoms with Gasteiger partial charge in [-0.3, -0.25) is 0 Å². The summed E-state index contributed by atoms with van der Waals surface area (Å²) < 4.78 is 32.2. The number of aromatic hydroxyl groups is 11. The minimum atomic E-state index is -2.40. The molecule has 0 saturated carbocycles. The summed E-state index contributed by atoms with van der Waals surface area (Å²) in [5.74, 6) is -18.9. The number of hydrogen-bond acceptors (Lipinski definition) is 22. The lowest BCUT2D eigenvalue weighted by Crippen LogP contribution is -2.62. The average Bonchev–Trinajstić information content (AvgIpc) is 3.18. The molecule has 1 saturated heterocycles. The Balaban J connectivity index is 1.52. The number of rotatable bonds is 5. The molecule has 0 amide bonds. The molecule has 4 aromatic rings. The number of aliphatic hydroxyl groups excluding tert-OH is 1. The highest BCUT2D eigenvalue weighted by Crippen LogP contribution is 2.53. The van der Waals surface area contributed by atoms with Crippen LogP contribution in [0, 0.1) is 0 Å². The fourth-order valence-corrected chi connectivity index (χ4v) is 5.94. The van der Waals surface area contributed by atoms with Gasteiger partial charge in [-0.25, -0.2) is 19.2 Å². The van der Waals surface area contributed by atoms with Crippen molar-refractivity contribution in [1.29, 1.82) is 0 Å². The lowest BCUT2D eigenvalue weighted by molar-refractivity contribution is -0.284. The minimum absolute atomic E-state index is 0.498. The van der Waals surface area contributed by atoms with Crippen LogP contribution in [0.5, 0.6) is 69.0 Å². The summed E-state index contributed by atoms with van der Waals surface area (Å²) in [6.45, 7) is -1.05. The highest BCUT2D eigenvalue weighted by atomic mass is 16.7. The molecule has 0 aliphatic carbocycles. The number of esters is 4. The Kier molecular flexibility index (Phi) is 9.92. The first kappa shape index (κ1) is 39.0. The van der Waals surface area contributed by atoms with E-state index in [-0.39, 0.29) is 0 Å². The maximum Gasteiger partial charge on any atom is 0.339 e. The molecule has 0 aromatic heterocycles. The molecule has 0 bridgehead atoms. The van der Waals surface area contributed by atoms with E-state index in [4.69, 9.17) is 28.4 Å². The van der Waals surface area contributed by atoms with Crippen LogP contribution in [-0.4, -0.2) is 130 Å². The molecule has 3 unspecified atom stereocenters. The number of cyclic esters (lactones) is 1. The quantitative estimate of drug-likeness (QED) is 0.0760. The molecule has 300 valence electrons. The zero-order chi connectivity index (χ0) is 41.8. The smallest absolute Gasteiger partial charge is 0.339 e. The SMILES string of the molecule is COc1cc2c(c(O)c1O)-c1c(cc(O)c(O)c1O)C(=O)O[C@@H]1C(COC2=O)OC(O)[C@@H](OC(=O)c2cc(O)c(O)c(O)c2)C1OC(=O)c1cc(O)c(O)c(O)c1. The van der Waals surface area contributed by atoms with E-state index in [0.29, 0.717) is 30.3 Å². The number of methoxy groups -OCH3 is 1. The van der Waals surface area contributed by atoms with E-state index in [1.165, 1.54) is 0 Å². The second-order valence-electron chi connectivity index (χ2n) is 12.2. The number of phenols is 11. The molecule has 0 radical (unpaired) electrons. The van der Waals surface area contributed by atoms with Gasteiger partial charge in [-0.05, 0) is 36.4 Å². The second-order valence-corrected chi connectivity index (χ2v) is 12.2. The van der Waals surface area contributed by atoms with Crippen molar-refractivity contribution < 1.29 is 109 Å². The van der Waals surface area contributed by atoms with E-state index >= 15 is 0 Å². The molecule has 57 heavy (non-hydrogen) atoms. The summed E-state index contributed by atoms with van der Waals surface area (Å²) >= 11 is 0. The van der Waals surface area contributed by atoms with Crippen molar-refractivity contribution in [2.45, 2.75) is 30.7 Å². The zero-order valence-electron chi connectivity index (χ0n) is 28.5. The lowest BCUT2D eigenvalue weighted by atomic mass is 9.91. The van der Waals surface area contributed by atoms with E-state index in [9.17, 15) is 80.5 Å². The first-order valence-electron chi connectivity index (χ1n) is 15.9. The maximum absolute atomic E-state index is 14.1. The molecule has 12 N–H and O–H groups in total. The molecule has 22 heteroatoms. The minimum Gasteiger partial charge on any atom is -0.504 e. The van der Waals surface area contributed by atoms with Gasteiger partial charge in [0.25, 0.3) is 0 Å². The van der Waals surface area contributed by atoms with E-state index in [1.807, 2.05) is 0 Å². The van der Waals surface area contributed by atoms with Crippen LogP contribution in [-0.2, 0) is 23.7 Å². The number of carbonyl (C=O) groups is 4. The highest BCUT2D eigenvalue weighted by molar-refractivity contribution is 6.08. The Bertz CT molecular complexity index is 2310. The molecule has 2 heterocycles. The first-order chi connectivity index (χ1) is 26.8. The van der Waals surface area contributed by atoms with Crippen LogP contribution in [0.15, 0.2) is 36.4 Å². The molecular formula is C35H28O22. The topological polar surface area (TPSA) is 366 Å². The molecule has 1 fully saturated rings. The van der Waals surface area contributed by atoms with Crippen LogP contribution < -0.4 is 4.74 Å². The van der Waals surface area contributed by atoms with E-state index < -0.39 is 164 Å². The van der Waals surface area contributed by atoms with Gasteiger partial charge in [0.2, 0.25) is 11.5 Å². The van der Waals surface area contributed by atoms with Gasteiger partial charge in [-0.2, -0.15) is 0 Å². The third-order valence-corrected chi connectivity index (χ3v) is 8.73. The van der Waals surface area contributed by atoms with Gasteiger partial charge in [0.15, 0.2) is 82.1 Å². The Morgan fingerprint density at radius 3 is 1.56 bits per heavy atom. The van der Waals surface area contributed by atoms with Crippen molar-refractivity contribution in [2.75, 3.05) is 13.7 Å². The predicted octanol–water partition coefficient (Wildman–Crippen LogP) is 0.988. The van der Waals surface area contributed by atoms with Crippen molar-refractivity contribution in [1.82, 2.24) is 0 Å². The molecule has 2 aliphatic heterocycles. The van der Waals surface area contributed by atoms with Crippen LogP contribution in [0.4, 0.5) is 0 Å². The summed E-state index contributed by atoms with van der Waals surface area (Å²) in [5, 5.41) is 124. The first-order valence-corrected chi connectivity index (χ1v) is 15.9. The van der Waals surface area contributed by atoms with Gasteiger partial charge in [0.1, 0.15) is 12.7 Å². The largest absolute Gasteiger partial charge is 0.504 e. The number of ether oxygens (including phenoxy) is 6. The average molecular weight is 801 g/mol. The van der Waals surface area contributed by atoms with Gasteiger partial charge in [0.05, 0.1) is 29.4 Å². The van der Waals surface area contributed by atoms with Crippen LogP contribution in [0.1, 0.15) is 41.4 Å². The van der Waals surface area contributed by atoms with Gasteiger partial charge < -0.3 is 89.7 Å². The van der Waals surface area contributed by atoms with E-state index in [1.54, 1.807) is 0 Å². The number of carbonyl (C=O) groups excluding carboxylic acids is 4. The van der Waals surface area contributed by atoms with Crippen LogP contribution >= 0.6 is 0 Å². The molecule has 2 aliphatic rings. The standard InChI is InChI=1S/C35H28O22/c1-52-18-7-12-21(27(46)25(18)44)20-11(6-17(40)24(43)26(20)45)34(50)55-28-19(8-53-33(12)49)54-35(51)30(57-32(48)10-4-15(38)23(42)16(39)5-10)29(28)56-31(47)9-2-13(36)22(41)14(37)3-9/h2-7,19,28-30,35-46,51H,8H2,1H3/t19?,28-,29?,30+,35?/m1/s1. The number of aliphatic hydroxyl groups is 1. The predicted molar refractivity (Wildman–Crippen MR) is 178 cm³/mol. The molecular weight excluding hydrogens is 772 g/mol. The monoisotopic (exact) mass is 800 g/mol. The molecule has 6 rings (SSSR count). The molecule has 4 aromatic carbocycles. The molecule has 5 atom stereocenters. The highest BCUT2D eigenvalue weighted by Gasteiger charge is 2.53. The second kappa shape index (κ2) is 14.5. The van der Waals surface area contributed by atoms with Gasteiger partial charge in [-0.15, -0.1) is 0 Å². The summed E-state index contributed by atoms with van der Waals surface area (Å²) in [6, 6.07) is 3.77. The van der Waals surface area contributed by atoms with Gasteiger partial charge >= 0.3 is 23.9 Å². The number of phenolic OH excluding ortho intramolecular Hbond substituents is 11. The summed E-state index contributed by atoms with van der Waals surface area (Å²) in [7, 11) is 1.03. The van der Waals surface area contributed by atoms with Gasteiger partial charge in [-0.1, -0.05) is 0 Å². The summed E-state index contributed by atoms with van der Waals surface area (Å²) in [6.07, 6.45) is -11.1. The Morgan fingerprint density at radius 1 is 0.596 bits per heavy atom. The Hall–Kier alpha value is -7.72. The summed E-state index contributed by atoms with van der Waals surface area (Å²) in [4.78, 5) is 54.6. The fourth-order valence-electron chi connectivity index (χ4n) is 5.94. The Morgan fingerprint density at radius 2 is 1.05 bits per heavy atom. The van der Waals surface area contributed by atoms with Crippen molar-refractivity contribution in [3.05, 3.63) is 58.7 Å². The Labute approximate surface area is 315 Å². The third kappa shape index (κ3) is 6.80. The molecule has 22 nitrogen and oxygen atoms in total. The van der Waals surface area contributed by atoms with Crippen LogP contribution in [0.25, 0.3) is 11.1 Å². The fraction of sp³-hybridized carbons (Fsp3) is 0.200. The van der Waals surface area contributed by atoms with Crippen molar-refractivity contribution in [2.24, 2.45) is 0 Å². The molecule has 0 spiro atoms. The lowest BCUT2D eigenvalue weighted by Gasteiger charge is -2.42. The van der Waals surface area contributed by atoms with E-state index in [2.05, 4.69) is 0 Å².